The number of thiazole rings is 1. The van der Waals surface area contributed by atoms with Crippen molar-refractivity contribution in [1.82, 2.24) is 9.88 Å². The molecule has 24 heavy (non-hydrogen) atoms. The summed E-state index contributed by atoms with van der Waals surface area (Å²) in [6.45, 7) is 7.35. The minimum atomic E-state index is -0.667. The third-order valence-electron chi connectivity index (χ3n) is 3.32. The molecule has 7 heteroatoms. The molecule has 0 bridgehead atoms. The molecular formula is C17H20FN3O2S. The minimum absolute atomic E-state index is 0.0146. The molecule has 0 radical (unpaired) electrons. The molecule has 2 amide bonds. The zero-order valence-electron chi connectivity index (χ0n) is 14.0. The van der Waals surface area contributed by atoms with Crippen LogP contribution >= 0.6 is 11.3 Å². The number of nitrogens with one attached hydrogen (secondary N) is 1. The first-order valence-corrected chi connectivity index (χ1v) is 8.43. The van der Waals surface area contributed by atoms with E-state index in [1.165, 1.54) is 29.5 Å². The van der Waals surface area contributed by atoms with Crippen molar-refractivity contribution < 1.29 is 14.0 Å². The van der Waals surface area contributed by atoms with E-state index < -0.39 is 17.8 Å². The van der Waals surface area contributed by atoms with Crippen molar-refractivity contribution in [3.8, 4) is 0 Å². The average molecular weight is 349 g/mol. The highest BCUT2D eigenvalue weighted by atomic mass is 32.1. The Kier molecular flexibility index (Phi) is 5.66. The lowest BCUT2D eigenvalue weighted by molar-refractivity contribution is -0.124. The second-order valence-electron chi connectivity index (χ2n) is 5.77. The highest BCUT2D eigenvalue weighted by Crippen LogP contribution is 2.11. The monoisotopic (exact) mass is 349 g/mol. The number of halogens is 1. The summed E-state index contributed by atoms with van der Waals surface area (Å²) >= 11 is 1.28. The van der Waals surface area contributed by atoms with Crippen LogP contribution in [0.2, 0.25) is 0 Å². The first-order valence-electron chi connectivity index (χ1n) is 7.62. The second-order valence-corrected chi connectivity index (χ2v) is 6.98. The van der Waals surface area contributed by atoms with Gasteiger partial charge in [0.25, 0.3) is 5.91 Å². The first kappa shape index (κ1) is 18.1. The average Bonchev–Trinajstić information content (AvgIpc) is 2.86. The van der Waals surface area contributed by atoms with Gasteiger partial charge in [-0.2, -0.15) is 4.99 Å². The van der Waals surface area contributed by atoms with Crippen LogP contribution in [0, 0.1) is 12.7 Å². The summed E-state index contributed by atoms with van der Waals surface area (Å²) in [5.74, 6) is -1.44. The van der Waals surface area contributed by atoms with Gasteiger partial charge in [0.2, 0.25) is 5.91 Å². The Hall–Kier alpha value is -2.28. The summed E-state index contributed by atoms with van der Waals surface area (Å²) in [7, 11) is 0. The number of nitrogens with zero attached hydrogens (tertiary/aromatic N) is 2. The molecule has 2 aromatic rings. The molecule has 1 atom stereocenters. The van der Waals surface area contributed by atoms with Gasteiger partial charge in [-0.15, -0.1) is 11.3 Å². The summed E-state index contributed by atoms with van der Waals surface area (Å²) < 4.78 is 15.4. The van der Waals surface area contributed by atoms with Crippen LogP contribution in [0.3, 0.4) is 0 Å². The van der Waals surface area contributed by atoms with E-state index in [2.05, 4.69) is 10.3 Å². The number of hydrogen-bond acceptors (Lipinski definition) is 3. The molecule has 5 nitrogen and oxygen atoms in total. The topological polar surface area (TPSA) is 63.5 Å². The van der Waals surface area contributed by atoms with Gasteiger partial charge >= 0.3 is 0 Å². The first-order chi connectivity index (χ1) is 11.3. The van der Waals surface area contributed by atoms with Crippen LogP contribution in [0.1, 0.15) is 42.0 Å². The maximum atomic E-state index is 13.7. The quantitative estimate of drug-likeness (QED) is 0.922. The number of rotatable bonds is 4. The second kappa shape index (κ2) is 7.53. The van der Waals surface area contributed by atoms with Crippen LogP contribution in [0.15, 0.2) is 35.5 Å². The highest BCUT2D eigenvalue weighted by molar-refractivity contribution is 7.09. The molecule has 0 fully saturated rings. The van der Waals surface area contributed by atoms with Crippen molar-refractivity contribution in [1.29, 1.82) is 0 Å². The molecule has 1 aromatic carbocycles. The molecular weight excluding hydrogens is 329 g/mol. The highest BCUT2D eigenvalue weighted by Gasteiger charge is 2.18. The third-order valence-corrected chi connectivity index (χ3v) is 4.24. The van der Waals surface area contributed by atoms with Gasteiger partial charge in [-0.3, -0.25) is 9.59 Å². The van der Waals surface area contributed by atoms with Crippen molar-refractivity contribution in [3.05, 3.63) is 51.5 Å². The van der Waals surface area contributed by atoms with E-state index in [1.54, 1.807) is 23.8 Å². The SMILES string of the molecule is Cc1cn([C@H](C)C(=O)NC(C)C)c(=NC(=O)c2ccccc2F)s1. The van der Waals surface area contributed by atoms with E-state index in [0.29, 0.717) is 4.80 Å². The van der Waals surface area contributed by atoms with Crippen molar-refractivity contribution in [3.63, 3.8) is 0 Å². The minimum Gasteiger partial charge on any atom is -0.352 e. The van der Waals surface area contributed by atoms with Crippen LogP contribution in [-0.2, 0) is 4.79 Å². The predicted octanol–water partition coefficient (Wildman–Crippen LogP) is 2.82. The van der Waals surface area contributed by atoms with Gasteiger partial charge in [-0.25, -0.2) is 4.39 Å². The van der Waals surface area contributed by atoms with Gasteiger partial charge in [0.15, 0.2) is 4.80 Å². The molecule has 0 aliphatic carbocycles. The van der Waals surface area contributed by atoms with Crippen LogP contribution in [-0.4, -0.2) is 22.4 Å². The lowest BCUT2D eigenvalue weighted by Crippen LogP contribution is -2.38. The lowest BCUT2D eigenvalue weighted by atomic mass is 10.2. The van der Waals surface area contributed by atoms with E-state index in [4.69, 9.17) is 0 Å². The van der Waals surface area contributed by atoms with Gasteiger partial charge in [0, 0.05) is 17.1 Å². The Balaban J connectivity index is 2.40. The number of benzene rings is 1. The van der Waals surface area contributed by atoms with Gasteiger partial charge in [0.1, 0.15) is 11.9 Å². The Morgan fingerprint density at radius 2 is 1.92 bits per heavy atom. The smallest absolute Gasteiger partial charge is 0.282 e. The van der Waals surface area contributed by atoms with Gasteiger partial charge in [-0.1, -0.05) is 12.1 Å². The number of amides is 2. The fourth-order valence-corrected chi connectivity index (χ4v) is 3.04. The number of carbonyl (C=O) groups excluding carboxylic acids is 2. The van der Waals surface area contributed by atoms with Crippen molar-refractivity contribution in [2.45, 2.75) is 39.8 Å². The van der Waals surface area contributed by atoms with Crippen LogP contribution in [0.4, 0.5) is 4.39 Å². The van der Waals surface area contributed by atoms with Gasteiger partial charge in [0.05, 0.1) is 5.56 Å². The van der Waals surface area contributed by atoms with Crippen LogP contribution in [0.5, 0.6) is 0 Å². The Labute approximate surface area is 143 Å². The molecule has 0 aliphatic rings. The predicted molar refractivity (Wildman–Crippen MR) is 91.3 cm³/mol. The fourth-order valence-electron chi connectivity index (χ4n) is 2.15. The van der Waals surface area contributed by atoms with Gasteiger partial charge in [-0.05, 0) is 39.8 Å². The van der Waals surface area contributed by atoms with Gasteiger partial charge < -0.3 is 9.88 Å². The van der Waals surface area contributed by atoms with Crippen molar-refractivity contribution in [2.24, 2.45) is 4.99 Å². The molecule has 0 aliphatic heterocycles. The summed E-state index contributed by atoms with van der Waals surface area (Å²) in [6.07, 6.45) is 1.77. The third kappa shape index (κ3) is 4.17. The number of carbonyl (C=O) groups is 2. The molecule has 0 saturated heterocycles. The molecule has 2 rings (SSSR count). The summed E-state index contributed by atoms with van der Waals surface area (Å²) in [4.78, 5) is 29.8. The van der Waals surface area contributed by atoms with Crippen molar-refractivity contribution >= 4 is 23.2 Å². The van der Waals surface area contributed by atoms with E-state index in [9.17, 15) is 14.0 Å². The largest absolute Gasteiger partial charge is 0.352 e. The molecule has 128 valence electrons. The molecule has 0 unspecified atom stereocenters. The van der Waals surface area contributed by atoms with E-state index in [1.807, 2.05) is 20.8 Å². The normalized spacial score (nSPS) is 13.2. The summed E-state index contributed by atoms with van der Waals surface area (Å²) in [5, 5.41) is 2.83. The van der Waals surface area contributed by atoms with E-state index >= 15 is 0 Å². The maximum Gasteiger partial charge on any atom is 0.282 e. The summed E-state index contributed by atoms with van der Waals surface area (Å²) in [5.41, 5.74) is -0.0885. The Morgan fingerprint density at radius 3 is 2.54 bits per heavy atom. The van der Waals surface area contributed by atoms with Crippen LogP contribution < -0.4 is 10.1 Å². The van der Waals surface area contributed by atoms with Crippen LogP contribution in [0.25, 0.3) is 0 Å². The number of aromatic nitrogens is 1. The Bertz CT molecular complexity index is 823. The summed E-state index contributed by atoms with van der Waals surface area (Å²) in [6, 6.07) is 5.19. The molecule has 1 N–H and O–H groups in total. The standard InChI is InChI=1S/C17H20FN3O2S/c1-10(2)19-15(22)12(4)21-9-11(3)24-17(21)20-16(23)13-7-5-6-8-14(13)18/h5-10,12H,1-4H3,(H,19,22)/t12-/m1/s1. The zero-order valence-corrected chi connectivity index (χ0v) is 14.9. The molecule has 0 spiro atoms. The van der Waals surface area contributed by atoms with Crippen molar-refractivity contribution in [2.75, 3.05) is 0 Å². The maximum absolute atomic E-state index is 13.7. The molecule has 1 heterocycles. The zero-order chi connectivity index (χ0) is 17.9. The van der Waals surface area contributed by atoms with E-state index in [-0.39, 0.29) is 17.5 Å². The Morgan fingerprint density at radius 1 is 1.25 bits per heavy atom. The number of aryl methyl sites for hydroxylation is 1. The fraction of sp³-hybridized carbons (Fsp3) is 0.353. The van der Waals surface area contributed by atoms with E-state index in [0.717, 1.165) is 4.88 Å². The number of hydrogen-bond donors (Lipinski definition) is 1. The molecule has 1 aromatic heterocycles. The lowest BCUT2D eigenvalue weighted by Gasteiger charge is -2.15. The molecule has 0 saturated carbocycles.